The van der Waals surface area contributed by atoms with Gasteiger partial charge < -0.3 is 14.2 Å². The van der Waals surface area contributed by atoms with E-state index in [-0.39, 0.29) is 31.1 Å². The first-order valence-corrected chi connectivity index (χ1v) is 27.5. The van der Waals surface area contributed by atoms with Gasteiger partial charge in [0.1, 0.15) is 13.2 Å². The molecular formula is C62H100O6. The lowest BCUT2D eigenvalue weighted by Gasteiger charge is -2.18. The number of rotatable bonds is 48. The summed E-state index contributed by atoms with van der Waals surface area (Å²) in [7, 11) is 0. The first-order chi connectivity index (χ1) is 33.5. The maximum absolute atomic E-state index is 12.8. The van der Waals surface area contributed by atoms with Gasteiger partial charge >= 0.3 is 17.9 Å². The predicted molar refractivity (Wildman–Crippen MR) is 293 cm³/mol. The molecule has 0 aliphatic heterocycles. The minimum Gasteiger partial charge on any atom is -0.462 e. The van der Waals surface area contributed by atoms with Crippen LogP contribution in [0.1, 0.15) is 233 Å². The van der Waals surface area contributed by atoms with Gasteiger partial charge in [0.15, 0.2) is 6.10 Å². The summed E-state index contributed by atoms with van der Waals surface area (Å²) in [6, 6.07) is 0. The van der Waals surface area contributed by atoms with Gasteiger partial charge in [0.2, 0.25) is 0 Å². The molecule has 0 amide bonds. The summed E-state index contributed by atoms with van der Waals surface area (Å²) >= 11 is 0. The lowest BCUT2D eigenvalue weighted by molar-refractivity contribution is -0.167. The van der Waals surface area contributed by atoms with Crippen molar-refractivity contribution >= 4 is 17.9 Å². The standard InChI is InChI=1S/C62H100O6/c1-4-7-10-13-16-19-21-23-24-25-26-27-28-29-30-31-32-33-34-35-36-37-38-40-41-43-46-49-52-55-61(64)67-58-59(57-66-60(63)54-51-48-45-18-15-12-9-6-3)68-62(65)56-53-50-47-44-42-39-22-20-17-14-11-8-5-2/h7,10-11,14,16,19-20,22-24,26-27,29-30,32-33,35-36,38,40,59H,4-6,8-9,12-13,15,17-18,21,25,28,31,34,37,39,41-58H2,1-3H3/b10-7-,14-11-,19-16-,22-20-,24-23-,27-26-,30-29-,33-32-,36-35-,40-38-. The van der Waals surface area contributed by atoms with Crippen molar-refractivity contribution in [3.63, 3.8) is 0 Å². The Hall–Kier alpha value is -4.19. The van der Waals surface area contributed by atoms with Gasteiger partial charge in [-0.2, -0.15) is 0 Å². The number of hydrogen-bond donors (Lipinski definition) is 0. The zero-order chi connectivity index (χ0) is 49.3. The second-order valence-electron chi connectivity index (χ2n) is 17.8. The van der Waals surface area contributed by atoms with Gasteiger partial charge in [-0.15, -0.1) is 0 Å². The van der Waals surface area contributed by atoms with Crippen LogP contribution >= 0.6 is 0 Å². The van der Waals surface area contributed by atoms with Crippen molar-refractivity contribution in [2.24, 2.45) is 0 Å². The fourth-order valence-corrected chi connectivity index (χ4v) is 7.08. The van der Waals surface area contributed by atoms with Crippen molar-refractivity contribution in [1.29, 1.82) is 0 Å². The van der Waals surface area contributed by atoms with Crippen molar-refractivity contribution < 1.29 is 28.6 Å². The zero-order valence-corrected chi connectivity index (χ0v) is 43.8. The van der Waals surface area contributed by atoms with Gasteiger partial charge in [-0.25, -0.2) is 0 Å². The minimum absolute atomic E-state index is 0.0937. The average Bonchev–Trinajstić information content (AvgIpc) is 3.34. The summed E-state index contributed by atoms with van der Waals surface area (Å²) in [5.41, 5.74) is 0. The molecule has 0 aliphatic carbocycles. The van der Waals surface area contributed by atoms with E-state index in [0.29, 0.717) is 19.3 Å². The molecule has 0 saturated carbocycles. The topological polar surface area (TPSA) is 78.9 Å². The van der Waals surface area contributed by atoms with E-state index in [1.807, 2.05) is 0 Å². The summed E-state index contributed by atoms with van der Waals surface area (Å²) in [6.45, 7) is 6.38. The summed E-state index contributed by atoms with van der Waals surface area (Å²) in [5, 5.41) is 0. The second-order valence-corrected chi connectivity index (χ2v) is 17.8. The Balaban J connectivity index is 4.28. The number of ether oxygens (including phenoxy) is 3. The molecule has 0 aromatic rings. The van der Waals surface area contributed by atoms with E-state index < -0.39 is 6.10 Å². The quantitative estimate of drug-likeness (QED) is 0.0262. The Bertz CT molecular complexity index is 1450. The molecule has 0 bridgehead atoms. The Morgan fingerprint density at radius 2 is 0.603 bits per heavy atom. The fourth-order valence-electron chi connectivity index (χ4n) is 7.08. The number of carbonyl (C=O) groups is 3. The third-order valence-electron chi connectivity index (χ3n) is 11.2. The van der Waals surface area contributed by atoms with Crippen molar-refractivity contribution in [2.45, 2.75) is 239 Å². The van der Waals surface area contributed by atoms with E-state index in [0.717, 1.165) is 154 Å². The molecule has 0 aliphatic rings. The number of carbonyl (C=O) groups excluding carboxylic acids is 3. The molecule has 6 heteroatoms. The molecule has 0 aromatic heterocycles. The van der Waals surface area contributed by atoms with Gasteiger partial charge in [0, 0.05) is 19.3 Å². The third kappa shape index (κ3) is 52.8. The largest absolute Gasteiger partial charge is 0.462 e. The van der Waals surface area contributed by atoms with Crippen LogP contribution in [-0.4, -0.2) is 37.2 Å². The highest BCUT2D eigenvalue weighted by Gasteiger charge is 2.19. The lowest BCUT2D eigenvalue weighted by atomic mass is 10.1. The van der Waals surface area contributed by atoms with Crippen LogP contribution in [0.3, 0.4) is 0 Å². The maximum atomic E-state index is 12.8. The van der Waals surface area contributed by atoms with Crippen LogP contribution in [-0.2, 0) is 28.6 Å². The van der Waals surface area contributed by atoms with E-state index in [1.165, 1.54) is 38.5 Å². The van der Waals surface area contributed by atoms with E-state index >= 15 is 0 Å². The lowest BCUT2D eigenvalue weighted by Crippen LogP contribution is -2.30. The molecule has 0 radical (unpaired) electrons. The monoisotopic (exact) mass is 941 g/mol. The number of esters is 3. The van der Waals surface area contributed by atoms with E-state index in [4.69, 9.17) is 14.2 Å². The molecule has 0 saturated heterocycles. The predicted octanol–water partition coefficient (Wildman–Crippen LogP) is 18.5. The van der Waals surface area contributed by atoms with Crippen LogP contribution in [0.2, 0.25) is 0 Å². The first kappa shape index (κ1) is 63.8. The van der Waals surface area contributed by atoms with E-state index in [1.54, 1.807) is 0 Å². The van der Waals surface area contributed by atoms with Gasteiger partial charge in [0.05, 0.1) is 0 Å². The van der Waals surface area contributed by atoms with Crippen molar-refractivity contribution in [3.8, 4) is 0 Å². The molecule has 68 heavy (non-hydrogen) atoms. The molecule has 0 spiro atoms. The molecule has 0 N–H and O–H groups in total. The molecule has 384 valence electrons. The molecule has 0 rings (SSSR count). The molecular weight excluding hydrogens is 841 g/mol. The van der Waals surface area contributed by atoms with Gasteiger partial charge in [-0.3, -0.25) is 14.4 Å². The van der Waals surface area contributed by atoms with Crippen LogP contribution in [0.25, 0.3) is 0 Å². The Labute approximate surface area is 418 Å². The van der Waals surface area contributed by atoms with Crippen LogP contribution in [0.15, 0.2) is 122 Å². The van der Waals surface area contributed by atoms with Gasteiger partial charge in [0.25, 0.3) is 0 Å². The van der Waals surface area contributed by atoms with Crippen LogP contribution in [0, 0.1) is 0 Å². The highest BCUT2D eigenvalue weighted by atomic mass is 16.6. The van der Waals surface area contributed by atoms with Crippen LogP contribution < -0.4 is 0 Å². The Morgan fingerprint density at radius 1 is 0.309 bits per heavy atom. The molecule has 1 unspecified atom stereocenters. The molecule has 6 nitrogen and oxygen atoms in total. The van der Waals surface area contributed by atoms with Crippen molar-refractivity contribution in [2.75, 3.05) is 13.2 Å². The molecule has 0 aromatic carbocycles. The third-order valence-corrected chi connectivity index (χ3v) is 11.2. The fraction of sp³-hybridized carbons (Fsp3) is 0.629. The van der Waals surface area contributed by atoms with E-state index in [2.05, 4.69) is 142 Å². The van der Waals surface area contributed by atoms with Crippen molar-refractivity contribution in [3.05, 3.63) is 122 Å². The highest BCUT2D eigenvalue weighted by Crippen LogP contribution is 2.13. The number of allylic oxidation sites excluding steroid dienone is 20. The first-order valence-electron chi connectivity index (χ1n) is 27.5. The summed E-state index contributed by atoms with van der Waals surface area (Å²) in [4.78, 5) is 37.9. The van der Waals surface area contributed by atoms with Crippen LogP contribution in [0.4, 0.5) is 0 Å². The Morgan fingerprint density at radius 3 is 0.956 bits per heavy atom. The molecule has 0 heterocycles. The smallest absolute Gasteiger partial charge is 0.306 e. The van der Waals surface area contributed by atoms with Gasteiger partial charge in [-0.1, -0.05) is 226 Å². The maximum Gasteiger partial charge on any atom is 0.306 e. The number of unbranched alkanes of at least 4 members (excludes halogenated alkanes) is 17. The zero-order valence-electron chi connectivity index (χ0n) is 43.8. The van der Waals surface area contributed by atoms with Crippen LogP contribution in [0.5, 0.6) is 0 Å². The SMILES string of the molecule is CC/C=C\C/C=C\C/C=C\C/C=C\C/C=C\C/C=C\C/C=C\C/C=C\CCCCCCC(=O)OCC(COC(=O)CCCCCCCCCC)OC(=O)CCCCCCC/C=C\C/C=C\CCC. The average molecular weight is 941 g/mol. The normalized spacial score (nSPS) is 13.0. The number of hydrogen-bond acceptors (Lipinski definition) is 6. The summed E-state index contributed by atoms with van der Waals surface area (Å²) in [6.07, 6.45) is 76.3. The summed E-state index contributed by atoms with van der Waals surface area (Å²) < 4.78 is 16.7. The Kier molecular flexibility index (Phi) is 52.0. The highest BCUT2D eigenvalue weighted by molar-refractivity contribution is 5.71. The van der Waals surface area contributed by atoms with Crippen molar-refractivity contribution in [1.82, 2.24) is 0 Å². The van der Waals surface area contributed by atoms with E-state index in [9.17, 15) is 14.4 Å². The summed E-state index contributed by atoms with van der Waals surface area (Å²) in [5.74, 6) is -0.945. The molecule has 0 fully saturated rings. The van der Waals surface area contributed by atoms with Gasteiger partial charge in [-0.05, 0) is 109 Å². The minimum atomic E-state index is -0.795. The molecule has 1 atom stereocenters. The second kappa shape index (κ2) is 55.4.